The van der Waals surface area contributed by atoms with Gasteiger partial charge in [0.25, 0.3) is 0 Å². The topological polar surface area (TPSA) is 54.9 Å². The van der Waals surface area contributed by atoms with Crippen LogP contribution in [0.25, 0.3) is 0 Å². The SMILES string of the molecule is CCSc1nnc(NC(=O)CSCc2ccc(Br)cc2)s1. The number of hydrogen-bond acceptors (Lipinski definition) is 6. The molecule has 0 fully saturated rings. The number of nitrogens with one attached hydrogen (secondary N) is 1. The summed E-state index contributed by atoms with van der Waals surface area (Å²) in [4.78, 5) is 11.8. The van der Waals surface area contributed by atoms with E-state index in [-0.39, 0.29) is 5.91 Å². The van der Waals surface area contributed by atoms with Crippen LogP contribution in [0.1, 0.15) is 12.5 Å². The number of hydrogen-bond donors (Lipinski definition) is 1. The van der Waals surface area contributed by atoms with E-state index in [9.17, 15) is 4.79 Å². The molecule has 0 atom stereocenters. The largest absolute Gasteiger partial charge is 0.300 e. The minimum Gasteiger partial charge on any atom is -0.300 e. The summed E-state index contributed by atoms with van der Waals surface area (Å²) in [7, 11) is 0. The van der Waals surface area contributed by atoms with Gasteiger partial charge in [-0.2, -0.15) is 0 Å². The minimum atomic E-state index is -0.0405. The molecule has 21 heavy (non-hydrogen) atoms. The first-order valence-electron chi connectivity index (χ1n) is 6.25. The van der Waals surface area contributed by atoms with Crippen molar-refractivity contribution in [2.45, 2.75) is 17.0 Å². The Morgan fingerprint density at radius 1 is 1.33 bits per heavy atom. The van der Waals surface area contributed by atoms with Gasteiger partial charge < -0.3 is 0 Å². The maximum absolute atomic E-state index is 11.8. The molecule has 0 aliphatic heterocycles. The summed E-state index contributed by atoms with van der Waals surface area (Å²) in [6.07, 6.45) is 0. The van der Waals surface area contributed by atoms with Crippen LogP contribution in [-0.4, -0.2) is 27.6 Å². The molecular formula is C13H14BrN3OS3. The fourth-order valence-corrected chi connectivity index (χ4v) is 4.16. The zero-order valence-electron chi connectivity index (χ0n) is 11.3. The minimum absolute atomic E-state index is 0.0405. The van der Waals surface area contributed by atoms with Crippen molar-refractivity contribution in [3.63, 3.8) is 0 Å². The molecule has 4 nitrogen and oxygen atoms in total. The van der Waals surface area contributed by atoms with Crippen LogP contribution in [0.5, 0.6) is 0 Å². The molecule has 0 saturated carbocycles. The lowest BCUT2D eigenvalue weighted by Crippen LogP contribution is -2.13. The third-order valence-electron chi connectivity index (χ3n) is 2.34. The van der Waals surface area contributed by atoms with Crippen LogP contribution in [0.4, 0.5) is 5.13 Å². The van der Waals surface area contributed by atoms with Crippen LogP contribution in [0.2, 0.25) is 0 Å². The van der Waals surface area contributed by atoms with E-state index in [2.05, 4.69) is 38.4 Å². The van der Waals surface area contributed by atoms with Gasteiger partial charge in [-0.05, 0) is 23.4 Å². The lowest BCUT2D eigenvalue weighted by Gasteiger charge is -2.02. The van der Waals surface area contributed by atoms with Crippen LogP contribution in [0, 0.1) is 0 Å². The van der Waals surface area contributed by atoms with E-state index < -0.39 is 0 Å². The molecule has 0 bridgehead atoms. The molecule has 1 aromatic heterocycles. The molecule has 1 N–H and O–H groups in total. The van der Waals surface area contributed by atoms with Gasteiger partial charge >= 0.3 is 0 Å². The van der Waals surface area contributed by atoms with E-state index in [4.69, 9.17) is 0 Å². The summed E-state index contributed by atoms with van der Waals surface area (Å²) in [5.74, 6) is 2.13. The zero-order chi connectivity index (χ0) is 15.1. The Hall–Kier alpha value is -0.570. The van der Waals surface area contributed by atoms with Crippen LogP contribution >= 0.6 is 50.8 Å². The van der Waals surface area contributed by atoms with Gasteiger partial charge in [0.15, 0.2) is 4.34 Å². The fourth-order valence-electron chi connectivity index (χ4n) is 1.44. The summed E-state index contributed by atoms with van der Waals surface area (Å²) in [5.41, 5.74) is 1.20. The molecule has 2 rings (SSSR count). The maximum Gasteiger partial charge on any atom is 0.236 e. The molecule has 0 radical (unpaired) electrons. The van der Waals surface area contributed by atoms with Gasteiger partial charge in [0.1, 0.15) is 0 Å². The number of aromatic nitrogens is 2. The van der Waals surface area contributed by atoms with Crippen molar-refractivity contribution in [1.29, 1.82) is 0 Å². The van der Waals surface area contributed by atoms with E-state index in [1.54, 1.807) is 23.5 Å². The first-order chi connectivity index (χ1) is 10.2. The average molecular weight is 404 g/mol. The lowest BCUT2D eigenvalue weighted by atomic mass is 10.2. The Balaban J connectivity index is 1.72. The van der Waals surface area contributed by atoms with Crippen molar-refractivity contribution < 1.29 is 4.79 Å². The molecule has 1 heterocycles. The highest BCUT2D eigenvalue weighted by Gasteiger charge is 2.08. The van der Waals surface area contributed by atoms with E-state index in [1.165, 1.54) is 16.9 Å². The number of carbonyl (C=O) groups is 1. The second-order valence-electron chi connectivity index (χ2n) is 3.97. The second-order valence-corrected chi connectivity index (χ2v) is 8.36. The lowest BCUT2D eigenvalue weighted by molar-refractivity contribution is -0.113. The number of rotatable bonds is 7. The van der Waals surface area contributed by atoms with Crippen LogP contribution < -0.4 is 5.32 Å². The van der Waals surface area contributed by atoms with Crippen LogP contribution in [-0.2, 0) is 10.5 Å². The summed E-state index contributed by atoms with van der Waals surface area (Å²) < 4.78 is 1.95. The molecule has 8 heteroatoms. The summed E-state index contributed by atoms with van der Waals surface area (Å²) in [5, 5.41) is 11.3. The van der Waals surface area contributed by atoms with E-state index in [0.717, 1.165) is 20.3 Å². The number of halogens is 1. The van der Waals surface area contributed by atoms with E-state index >= 15 is 0 Å². The van der Waals surface area contributed by atoms with Crippen LogP contribution in [0.3, 0.4) is 0 Å². The highest BCUT2D eigenvalue weighted by Crippen LogP contribution is 2.25. The third-order valence-corrected chi connectivity index (χ3v) is 5.72. The van der Waals surface area contributed by atoms with Gasteiger partial charge in [-0.3, -0.25) is 10.1 Å². The van der Waals surface area contributed by atoms with E-state index in [1.807, 2.05) is 24.3 Å². The standard InChI is InChI=1S/C13H14BrN3OS3/c1-2-20-13-17-16-12(21-13)15-11(18)8-19-7-9-3-5-10(14)6-4-9/h3-6H,2,7-8H2,1H3,(H,15,16,18). The first-order valence-corrected chi connectivity index (χ1v) is 10.0. The highest BCUT2D eigenvalue weighted by atomic mass is 79.9. The summed E-state index contributed by atoms with van der Waals surface area (Å²) >= 11 is 8.02. The molecule has 1 aromatic carbocycles. The second kappa shape index (κ2) is 8.77. The predicted molar refractivity (Wildman–Crippen MR) is 95.2 cm³/mol. The number of amides is 1. The number of thioether (sulfide) groups is 2. The molecule has 0 saturated heterocycles. The summed E-state index contributed by atoms with van der Waals surface area (Å²) in [6.45, 7) is 2.06. The van der Waals surface area contributed by atoms with Gasteiger partial charge in [-0.1, -0.05) is 58.1 Å². The number of nitrogens with zero attached hydrogens (tertiary/aromatic N) is 2. The molecule has 0 unspecified atom stereocenters. The Morgan fingerprint density at radius 2 is 2.10 bits per heavy atom. The summed E-state index contributed by atoms with van der Waals surface area (Å²) in [6, 6.07) is 8.11. The van der Waals surface area contributed by atoms with Crippen molar-refractivity contribution in [3.8, 4) is 0 Å². The van der Waals surface area contributed by atoms with Crippen molar-refractivity contribution in [2.75, 3.05) is 16.8 Å². The zero-order valence-corrected chi connectivity index (χ0v) is 15.4. The van der Waals surface area contributed by atoms with Crippen molar-refractivity contribution in [1.82, 2.24) is 10.2 Å². The van der Waals surface area contributed by atoms with Crippen molar-refractivity contribution >= 4 is 61.8 Å². The quantitative estimate of drug-likeness (QED) is 0.551. The predicted octanol–water partition coefficient (Wildman–Crippen LogP) is 4.28. The number of benzene rings is 1. The van der Waals surface area contributed by atoms with Gasteiger partial charge in [0, 0.05) is 10.2 Å². The molecule has 0 aliphatic carbocycles. The molecule has 0 spiro atoms. The highest BCUT2D eigenvalue weighted by molar-refractivity contribution is 9.10. The van der Waals surface area contributed by atoms with Gasteiger partial charge in [-0.25, -0.2) is 0 Å². The maximum atomic E-state index is 11.8. The molecule has 2 aromatic rings. The third kappa shape index (κ3) is 5.98. The van der Waals surface area contributed by atoms with Crippen LogP contribution in [0.15, 0.2) is 33.1 Å². The van der Waals surface area contributed by atoms with Gasteiger partial charge in [0.05, 0.1) is 5.75 Å². The Labute approximate surface area is 144 Å². The molecular weight excluding hydrogens is 390 g/mol. The number of anilines is 1. The Kier molecular flexibility index (Phi) is 7.01. The molecule has 1 amide bonds. The normalized spacial score (nSPS) is 10.6. The average Bonchev–Trinajstić information content (AvgIpc) is 2.89. The van der Waals surface area contributed by atoms with Crippen molar-refractivity contribution in [2.24, 2.45) is 0 Å². The Morgan fingerprint density at radius 3 is 2.81 bits per heavy atom. The smallest absolute Gasteiger partial charge is 0.236 e. The first kappa shape index (κ1) is 16.8. The molecule has 0 aliphatic rings. The monoisotopic (exact) mass is 403 g/mol. The Bertz CT molecular complexity index is 589. The fraction of sp³-hybridized carbons (Fsp3) is 0.308. The number of carbonyl (C=O) groups excluding carboxylic acids is 1. The van der Waals surface area contributed by atoms with Gasteiger partial charge in [0.2, 0.25) is 11.0 Å². The van der Waals surface area contributed by atoms with E-state index in [0.29, 0.717) is 10.9 Å². The van der Waals surface area contributed by atoms with Crippen molar-refractivity contribution in [3.05, 3.63) is 34.3 Å². The molecule has 112 valence electrons. The van der Waals surface area contributed by atoms with Gasteiger partial charge in [-0.15, -0.1) is 22.0 Å².